The molecule has 7 aromatic carbocycles. The van der Waals surface area contributed by atoms with Crippen molar-refractivity contribution in [2.75, 3.05) is 0 Å². The number of nitrogens with one attached hydrogen (secondary N) is 6. The van der Waals surface area contributed by atoms with Crippen LogP contribution in [-0.2, 0) is 4.79 Å². The lowest BCUT2D eigenvalue weighted by atomic mass is 10.1. The summed E-state index contributed by atoms with van der Waals surface area (Å²) in [6.07, 6.45) is 0. The molecule has 91 heavy (non-hydrogen) atoms. The number of nitrogen functional groups attached to an aromatic ring is 2. The van der Waals surface area contributed by atoms with E-state index in [9.17, 15) is 47.9 Å². The van der Waals surface area contributed by atoms with Gasteiger partial charge in [-0.2, -0.15) is 0 Å². The van der Waals surface area contributed by atoms with Crippen molar-refractivity contribution in [2.45, 2.75) is 49.0 Å². The highest BCUT2D eigenvalue weighted by molar-refractivity contribution is 6.69. The molecule has 0 atom stereocenters. The lowest BCUT2D eigenvalue weighted by Crippen LogP contribution is -2.42. The molecule has 0 spiro atoms. The second-order valence-corrected chi connectivity index (χ2v) is 19.0. The number of nitrogens with two attached hydrogens (primary N) is 2. The Bertz CT molecular complexity index is 3930. The number of nitrogens with zero attached hydrogens (tertiary/aromatic N) is 6. The zero-order valence-electron chi connectivity index (χ0n) is 48.7. The predicted molar refractivity (Wildman–Crippen MR) is 335 cm³/mol. The van der Waals surface area contributed by atoms with Crippen LogP contribution in [0, 0.1) is 31.6 Å². The third-order valence-corrected chi connectivity index (χ3v) is 12.1. The van der Waals surface area contributed by atoms with Gasteiger partial charge in [-0.25, -0.2) is 11.7 Å². The fraction of sp³-hybridized carbons (Fsp3) is 0.111. The van der Waals surface area contributed by atoms with Gasteiger partial charge in [-0.05, 0) is 142 Å². The highest BCUT2D eigenvalue weighted by Gasteiger charge is 2.16. The highest BCUT2D eigenvalue weighted by atomic mass is 35.5. The Morgan fingerprint density at radius 2 is 0.692 bits per heavy atom. The summed E-state index contributed by atoms with van der Waals surface area (Å²) in [5.41, 5.74) is 20.9. The number of amides is 6. The van der Waals surface area contributed by atoms with E-state index in [1.54, 1.807) is 61.5 Å². The Hall–Kier alpha value is -11.8. The molecule has 10 N–H and O–H groups in total. The molecule has 0 aliphatic heterocycles. The number of hydrogen-bond acceptors (Lipinski definition) is 20. The maximum absolute atomic E-state index is 12.1. The molecule has 26 nitrogen and oxygen atoms in total. The largest absolute Gasteiger partial charge is 0.421 e. The Balaban J connectivity index is 0.000000306. The lowest BCUT2D eigenvalue weighted by molar-refractivity contribution is -0.119. The zero-order valence-corrected chi connectivity index (χ0v) is 50.2. The molecule has 6 amide bonds. The molecule has 0 fully saturated rings. The summed E-state index contributed by atoms with van der Waals surface area (Å²) >= 11 is 10.4. The van der Waals surface area contributed by atoms with Gasteiger partial charge in [-0.15, -0.1) is 20.4 Å². The molecule has 2 aromatic heterocycles. The number of rotatable bonds is 12. The van der Waals surface area contributed by atoms with E-state index in [-0.39, 0.29) is 41.2 Å². The Kier molecular flexibility index (Phi) is 29.9. The van der Waals surface area contributed by atoms with Crippen molar-refractivity contribution in [2.24, 2.45) is 11.7 Å². The minimum Gasteiger partial charge on any atom is -0.421 e. The second-order valence-electron chi connectivity index (χ2n) is 18.3. The normalized spacial score (nSPS) is 9.63. The number of hydrogen-bond donors (Lipinski definition) is 8. The first-order valence-corrected chi connectivity index (χ1v) is 26.8. The molecular formula is C63H60Cl2N14O12. The van der Waals surface area contributed by atoms with Gasteiger partial charge in [0.25, 0.3) is 40.0 Å². The van der Waals surface area contributed by atoms with Crippen LogP contribution < -0.4 is 44.2 Å². The van der Waals surface area contributed by atoms with Gasteiger partial charge in [0.15, 0.2) is 11.6 Å². The summed E-state index contributed by atoms with van der Waals surface area (Å²) < 4.78 is 11.3. The maximum Gasteiger partial charge on any atom is 0.269 e. The molecule has 0 saturated carbocycles. The summed E-state index contributed by atoms with van der Waals surface area (Å²) in [6, 6.07) is 46.7. The lowest BCUT2D eigenvalue weighted by Gasteiger charge is -2.09. The van der Waals surface area contributed by atoms with Crippen LogP contribution in [0.3, 0.4) is 0 Å². The summed E-state index contributed by atoms with van der Waals surface area (Å²) in [5, 5.41) is 26.9. The number of carbonyl (C=O) groups excluding carboxylic acids is 10. The van der Waals surface area contributed by atoms with E-state index in [1.807, 2.05) is 73.2 Å². The third-order valence-electron chi connectivity index (χ3n) is 11.6. The number of benzene rings is 7. The minimum atomic E-state index is -0.602. The standard InChI is InChI=1S/C18H18N4O4.C18H14N4O2.C10H10O2.C8H4Cl2O2.C8H10N4O2.CH4.N2/c1-11-6-8-13(9-7-11)16(24)21-22-18(26)15-5-3-4-14(10-15)17(25)20-19-12(2)23;1-11-6-8-13(9-7-11)16-21-22-18(24-16)15-5-3-4-14(10-15)17-20-19-12(2)23-17;1-7(11)9-3-5-10(6-4-9)8(2)12;9-7(11)5-2-1-3-6(4-5)8(10)12;9-11-7(13)5-1-2-6(4-3-5)8(14)12-10;;1-2/h3-10H,1-2H3,(H,19,23)(H,20,25)(H,21,24)(H,22,26);3-10H,1-2H3;3-6H,1-2H3;1-4H;1-4H,9-10H2,(H,11,13)(H,12,14);1H4;. The molecular weight excluding hydrogens is 1220 g/mol. The summed E-state index contributed by atoms with van der Waals surface area (Å²) in [5.74, 6) is 8.96. The van der Waals surface area contributed by atoms with Crippen molar-refractivity contribution in [3.05, 3.63) is 237 Å². The topological polar surface area (TPSA) is 420 Å². The third kappa shape index (κ3) is 23.8. The molecule has 0 aliphatic carbocycles. The first-order valence-electron chi connectivity index (χ1n) is 26.1. The van der Waals surface area contributed by atoms with E-state index < -0.39 is 45.9 Å². The molecule has 2 heterocycles. The Morgan fingerprint density at radius 3 is 1.08 bits per heavy atom. The monoisotopic (exact) mass is 1270 g/mol. The van der Waals surface area contributed by atoms with Gasteiger partial charge in [-0.1, -0.05) is 97.4 Å². The quantitative estimate of drug-likeness (QED) is 0.0141. The van der Waals surface area contributed by atoms with Gasteiger partial charge < -0.3 is 8.83 Å². The highest BCUT2D eigenvalue weighted by Crippen LogP contribution is 2.28. The average Bonchev–Trinajstić information content (AvgIpc) is 2.02. The van der Waals surface area contributed by atoms with E-state index in [0.717, 1.165) is 22.3 Å². The molecule has 0 unspecified atom stereocenters. The predicted octanol–water partition coefficient (Wildman–Crippen LogP) is 9.02. The number of halogens is 2. The van der Waals surface area contributed by atoms with Gasteiger partial charge >= 0.3 is 0 Å². The van der Waals surface area contributed by atoms with Crippen LogP contribution in [0.2, 0.25) is 0 Å². The zero-order chi connectivity index (χ0) is 66.5. The van der Waals surface area contributed by atoms with Crippen molar-refractivity contribution >= 4 is 80.7 Å². The fourth-order valence-electron chi connectivity index (χ4n) is 6.98. The van der Waals surface area contributed by atoms with Gasteiger partial charge in [0.05, 0.1) is 0 Å². The number of hydrazine groups is 4. The van der Waals surface area contributed by atoms with E-state index in [1.165, 1.54) is 93.1 Å². The van der Waals surface area contributed by atoms with E-state index in [2.05, 4.69) is 42.1 Å². The van der Waals surface area contributed by atoms with Crippen LogP contribution >= 0.6 is 23.2 Å². The van der Waals surface area contributed by atoms with Crippen LogP contribution in [0.25, 0.3) is 34.4 Å². The molecule has 468 valence electrons. The van der Waals surface area contributed by atoms with Crippen molar-refractivity contribution in [3.63, 3.8) is 0 Å². The summed E-state index contributed by atoms with van der Waals surface area (Å²) in [7, 11) is 0. The fourth-order valence-corrected chi connectivity index (χ4v) is 7.21. The van der Waals surface area contributed by atoms with Crippen molar-refractivity contribution in [1.82, 2.24) is 52.9 Å². The minimum absolute atomic E-state index is 0. The Morgan fingerprint density at radius 1 is 0.374 bits per heavy atom. The smallest absolute Gasteiger partial charge is 0.269 e. The molecule has 0 bridgehead atoms. The van der Waals surface area contributed by atoms with Gasteiger partial charge in [0, 0.05) is 91.4 Å². The van der Waals surface area contributed by atoms with E-state index in [0.29, 0.717) is 51.4 Å². The SMILES string of the molecule is C.CC(=O)NNC(=O)c1cccc(C(=O)NNC(=O)c2ccc(C)cc2)c1.CC(=O)c1ccc(C(C)=O)cc1.Cc1ccc(-c2nnc(-c3cccc(-c4nnc(C)o4)c3)o2)cc1.N#N.NNC(=O)c1ccc(C(=O)NN)cc1.O=C(Cl)c1cccc(C(=O)Cl)c1. The number of Topliss-reactive ketones (excluding diaryl/α,β-unsaturated/α-hetero) is 2. The van der Waals surface area contributed by atoms with E-state index >= 15 is 0 Å². The number of aromatic nitrogens is 4. The van der Waals surface area contributed by atoms with Gasteiger partial charge in [0.1, 0.15) is 0 Å². The van der Waals surface area contributed by atoms with Crippen LogP contribution in [-0.4, -0.2) is 77.9 Å². The van der Waals surface area contributed by atoms with Gasteiger partial charge in [0.2, 0.25) is 29.5 Å². The Labute approximate surface area is 530 Å². The van der Waals surface area contributed by atoms with Crippen molar-refractivity contribution < 1.29 is 56.8 Å². The first-order chi connectivity index (χ1) is 43.0. The second kappa shape index (κ2) is 37.1. The summed E-state index contributed by atoms with van der Waals surface area (Å²) in [6.45, 7) is 9.95. The van der Waals surface area contributed by atoms with Crippen LogP contribution in [0.1, 0.15) is 138 Å². The molecule has 28 heteroatoms. The molecule has 0 radical (unpaired) electrons. The van der Waals surface area contributed by atoms with E-state index in [4.69, 9.17) is 54.5 Å². The number of aryl methyl sites for hydroxylation is 3. The van der Waals surface area contributed by atoms with Crippen LogP contribution in [0.15, 0.2) is 179 Å². The van der Waals surface area contributed by atoms with Crippen molar-refractivity contribution in [1.29, 1.82) is 10.8 Å². The first kappa shape index (κ1) is 73.5. The molecule has 9 aromatic rings. The van der Waals surface area contributed by atoms with Crippen LogP contribution in [0.4, 0.5) is 0 Å². The van der Waals surface area contributed by atoms with Crippen LogP contribution in [0.5, 0.6) is 0 Å². The number of ketones is 2. The molecule has 0 saturated heterocycles. The number of carbonyl (C=O) groups is 10. The van der Waals surface area contributed by atoms with Gasteiger partial charge in [-0.3, -0.25) is 80.5 Å². The van der Waals surface area contributed by atoms with Crippen molar-refractivity contribution in [3.8, 4) is 34.4 Å². The maximum atomic E-state index is 12.1. The molecule has 9 rings (SSSR count). The average molecular weight is 1280 g/mol. The summed E-state index contributed by atoms with van der Waals surface area (Å²) in [4.78, 5) is 112. The molecule has 0 aliphatic rings.